The predicted molar refractivity (Wildman–Crippen MR) is 82.9 cm³/mol. The van der Waals surface area contributed by atoms with Crippen molar-refractivity contribution < 1.29 is 9.90 Å². The molecule has 4 heteroatoms. The summed E-state index contributed by atoms with van der Waals surface area (Å²) in [4.78, 5) is 11.5. The van der Waals surface area contributed by atoms with Crippen molar-refractivity contribution in [3.8, 4) is 0 Å². The van der Waals surface area contributed by atoms with Gasteiger partial charge in [0.1, 0.15) is 5.54 Å². The lowest BCUT2D eigenvalue weighted by Gasteiger charge is -2.33. The zero-order valence-corrected chi connectivity index (χ0v) is 13.6. The minimum absolute atomic E-state index is 0.188. The van der Waals surface area contributed by atoms with E-state index in [0.29, 0.717) is 11.7 Å². The maximum absolute atomic E-state index is 11.5. The Morgan fingerprint density at radius 3 is 2.37 bits per heavy atom. The summed E-state index contributed by atoms with van der Waals surface area (Å²) in [6.07, 6.45) is 7.33. The van der Waals surface area contributed by atoms with Crippen LogP contribution in [-0.4, -0.2) is 33.2 Å². The minimum Gasteiger partial charge on any atom is -0.480 e. The average molecular weight is 287 g/mol. The molecule has 19 heavy (non-hydrogen) atoms. The highest BCUT2D eigenvalue weighted by Gasteiger charge is 2.35. The molecule has 0 aromatic heterocycles. The molecule has 0 aliphatic heterocycles. The average Bonchev–Trinajstić information content (AvgIpc) is 2.28. The number of carbonyl (C=O) groups is 1. The van der Waals surface area contributed by atoms with Crippen LogP contribution >= 0.6 is 11.8 Å². The van der Waals surface area contributed by atoms with Crippen LogP contribution in [0.15, 0.2) is 0 Å². The molecule has 0 spiro atoms. The van der Waals surface area contributed by atoms with Crippen LogP contribution < -0.4 is 5.32 Å². The lowest BCUT2D eigenvalue weighted by molar-refractivity contribution is -0.144. The minimum atomic E-state index is -0.810. The van der Waals surface area contributed by atoms with Gasteiger partial charge in [0.25, 0.3) is 0 Å². The number of aliphatic carboxylic acids is 1. The molecule has 0 saturated heterocycles. The molecule has 0 aromatic rings. The Morgan fingerprint density at radius 2 is 1.89 bits per heavy atom. The first-order valence-corrected chi connectivity index (χ1v) is 8.44. The maximum Gasteiger partial charge on any atom is 0.323 e. The van der Waals surface area contributed by atoms with Crippen molar-refractivity contribution in [2.75, 3.05) is 0 Å². The summed E-state index contributed by atoms with van der Waals surface area (Å²) in [5.41, 5.74) is -0.810. The molecule has 0 bridgehead atoms. The molecule has 2 unspecified atom stereocenters. The number of thioether (sulfide) groups is 1. The molecule has 3 nitrogen and oxygen atoms in total. The number of hydrogen-bond acceptors (Lipinski definition) is 3. The first-order valence-electron chi connectivity index (χ1n) is 7.50. The SMILES string of the molecule is CC(C)NC(C)(CC(C)SC1CCCCC1)C(=O)O. The van der Waals surface area contributed by atoms with E-state index in [1.165, 1.54) is 32.1 Å². The molecule has 0 heterocycles. The number of nitrogens with one attached hydrogen (secondary N) is 1. The van der Waals surface area contributed by atoms with Gasteiger partial charge in [-0.05, 0) is 40.0 Å². The highest BCUT2D eigenvalue weighted by atomic mass is 32.2. The van der Waals surface area contributed by atoms with Gasteiger partial charge in [-0.2, -0.15) is 11.8 Å². The first-order chi connectivity index (χ1) is 8.83. The van der Waals surface area contributed by atoms with E-state index in [2.05, 4.69) is 12.2 Å². The van der Waals surface area contributed by atoms with Crippen LogP contribution in [0.1, 0.15) is 66.2 Å². The van der Waals surface area contributed by atoms with Gasteiger partial charge in [0, 0.05) is 16.5 Å². The normalized spacial score (nSPS) is 22.2. The molecule has 112 valence electrons. The van der Waals surface area contributed by atoms with Gasteiger partial charge in [-0.1, -0.05) is 26.2 Å². The molecule has 0 radical (unpaired) electrons. The zero-order valence-electron chi connectivity index (χ0n) is 12.7. The predicted octanol–water partition coefficient (Wildman–Crippen LogP) is 3.67. The maximum atomic E-state index is 11.5. The van der Waals surface area contributed by atoms with Crippen molar-refractivity contribution in [3.63, 3.8) is 0 Å². The van der Waals surface area contributed by atoms with Gasteiger partial charge < -0.3 is 5.11 Å². The van der Waals surface area contributed by atoms with Crippen LogP contribution in [0.5, 0.6) is 0 Å². The van der Waals surface area contributed by atoms with Crippen molar-refractivity contribution in [2.45, 2.75) is 88.3 Å². The third kappa shape index (κ3) is 5.74. The quantitative estimate of drug-likeness (QED) is 0.750. The van der Waals surface area contributed by atoms with Crippen molar-refractivity contribution in [2.24, 2.45) is 0 Å². The van der Waals surface area contributed by atoms with E-state index in [4.69, 9.17) is 0 Å². The zero-order chi connectivity index (χ0) is 14.5. The van der Waals surface area contributed by atoms with Gasteiger partial charge >= 0.3 is 5.97 Å². The summed E-state index contributed by atoms with van der Waals surface area (Å²) in [5, 5.41) is 13.8. The summed E-state index contributed by atoms with van der Waals surface area (Å²) in [6.45, 7) is 7.98. The van der Waals surface area contributed by atoms with E-state index in [1.54, 1.807) is 0 Å². The Labute approximate surface area is 121 Å². The van der Waals surface area contributed by atoms with Crippen LogP contribution in [0, 0.1) is 0 Å². The van der Waals surface area contributed by atoms with Gasteiger partial charge in [0.2, 0.25) is 0 Å². The van der Waals surface area contributed by atoms with Crippen molar-refractivity contribution in [3.05, 3.63) is 0 Å². The molecule has 2 atom stereocenters. The Kier molecular flexibility index (Phi) is 6.67. The molecule has 1 aliphatic rings. The van der Waals surface area contributed by atoms with Crippen LogP contribution in [-0.2, 0) is 4.79 Å². The molecule has 1 aliphatic carbocycles. The second-order valence-electron chi connectivity index (χ2n) is 6.35. The van der Waals surface area contributed by atoms with Crippen molar-refractivity contribution in [1.29, 1.82) is 0 Å². The van der Waals surface area contributed by atoms with Gasteiger partial charge in [0.15, 0.2) is 0 Å². The van der Waals surface area contributed by atoms with Gasteiger partial charge in [0.05, 0.1) is 0 Å². The highest BCUT2D eigenvalue weighted by Crippen LogP contribution is 2.34. The van der Waals surface area contributed by atoms with Gasteiger partial charge in [-0.25, -0.2) is 0 Å². The van der Waals surface area contributed by atoms with Crippen molar-refractivity contribution >= 4 is 17.7 Å². The number of carboxylic acids is 1. The third-order valence-electron chi connectivity index (χ3n) is 3.75. The highest BCUT2D eigenvalue weighted by molar-refractivity contribution is 8.00. The lowest BCUT2D eigenvalue weighted by atomic mass is 9.95. The Hall–Kier alpha value is -0.220. The molecule has 1 rings (SSSR count). The fourth-order valence-electron chi connectivity index (χ4n) is 3.00. The summed E-state index contributed by atoms with van der Waals surface area (Å²) in [6, 6.07) is 0.188. The number of rotatable bonds is 7. The summed E-state index contributed by atoms with van der Waals surface area (Å²) < 4.78 is 0. The lowest BCUT2D eigenvalue weighted by Crippen LogP contribution is -2.53. The second kappa shape index (κ2) is 7.53. The van der Waals surface area contributed by atoms with E-state index in [9.17, 15) is 9.90 Å². The van der Waals surface area contributed by atoms with E-state index in [-0.39, 0.29) is 6.04 Å². The van der Waals surface area contributed by atoms with Crippen LogP contribution in [0.25, 0.3) is 0 Å². The van der Waals surface area contributed by atoms with Crippen LogP contribution in [0.4, 0.5) is 0 Å². The van der Waals surface area contributed by atoms with Crippen LogP contribution in [0.2, 0.25) is 0 Å². The van der Waals surface area contributed by atoms with Crippen molar-refractivity contribution in [1.82, 2.24) is 5.32 Å². The Bertz CT molecular complexity index is 290. The van der Waals surface area contributed by atoms with Gasteiger partial charge in [-0.15, -0.1) is 0 Å². The van der Waals surface area contributed by atoms with E-state index in [0.717, 1.165) is 5.25 Å². The number of hydrogen-bond donors (Lipinski definition) is 2. The molecular weight excluding hydrogens is 258 g/mol. The van der Waals surface area contributed by atoms with E-state index < -0.39 is 11.5 Å². The monoisotopic (exact) mass is 287 g/mol. The molecule has 0 aromatic carbocycles. The molecule has 1 fully saturated rings. The first kappa shape index (κ1) is 16.8. The summed E-state index contributed by atoms with van der Waals surface area (Å²) in [7, 11) is 0. The second-order valence-corrected chi connectivity index (χ2v) is 8.09. The summed E-state index contributed by atoms with van der Waals surface area (Å²) >= 11 is 1.99. The standard InChI is InChI=1S/C15H29NO2S/c1-11(2)16-15(4,14(17)18)10-12(3)19-13-8-6-5-7-9-13/h11-13,16H,5-10H2,1-4H3,(H,17,18). The molecular formula is C15H29NO2S. The van der Waals surface area contributed by atoms with E-state index in [1.807, 2.05) is 32.5 Å². The van der Waals surface area contributed by atoms with Gasteiger partial charge in [-0.3, -0.25) is 10.1 Å². The largest absolute Gasteiger partial charge is 0.480 e. The van der Waals surface area contributed by atoms with E-state index >= 15 is 0 Å². The molecule has 0 amide bonds. The Morgan fingerprint density at radius 1 is 1.32 bits per heavy atom. The molecule has 1 saturated carbocycles. The smallest absolute Gasteiger partial charge is 0.323 e. The Balaban J connectivity index is 2.50. The number of carboxylic acid groups (broad SMARTS) is 1. The molecule has 2 N–H and O–H groups in total. The fraction of sp³-hybridized carbons (Fsp3) is 0.933. The topological polar surface area (TPSA) is 49.3 Å². The summed E-state index contributed by atoms with van der Waals surface area (Å²) in [5.74, 6) is -0.739. The fourth-order valence-corrected chi connectivity index (χ4v) is 4.69. The van der Waals surface area contributed by atoms with Crippen LogP contribution in [0.3, 0.4) is 0 Å². The third-order valence-corrected chi connectivity index (χ3v) is 5.24.